The Labute approximate surface area is 128 Å². The summed E-state index contributed by atoms with van der Waals surface area (Å²) in [5.74, 6) is 0.194. The standard InChI is InChI=1S/C15H28N2O2.ClH/c16-12-15(7-2-1-3-8-15)11-14(18)17-13-5-4-9-19-10-6-13;/h13H,1-12,16H2,(H,17,18);1H. The summed E-state index contributed by atoms with van der Waals surface area (Å²) >= 11 is 0. The summed E-state index contributed by atoms with van der Waals surface area (Å²) in [7, 11) is 0. The lowest BCUT2D eigenvalue weighted by Crippen LogP contribution is -2.42. The number of hydrogen-bond acceptors (Lipinski definition) is 3. The topological polar surface area (TPSA) is 64.4 Å². The van der Waals surface area contributed by atoms with E-state index in [0.29, 0.717) is 19.0 Å². The second-order valence-electron chi connectivity index (χ2n) is 6.25. The lowest BCUT2D eigenvalue weighted by Gasteiger charge is -2.36. The first-order chi connectivity index (χ1) is 9.24. The number of nitrogens with two attached hydrogens (primary N) is 1. The van der Waals surface area contributed by atoms with Gasteiger partial charge >= 0.3 is 0 Å². The molecule has 1 aliphatic carbocycles. The van der Waals surface area contributed by atoms with Crippen LogP contribution in [0.2, 0.25) is 0 Å². The van der Waals surface area contributed by atoms with Crippen molar-refractivity contribution < 1.29 is 9.53 Å². The zero-order valence-electron chi connectivity index (χ0n) is 12.4. The Hall–Kier alpha value is -0.320. The van der Waals surface area contributed by atoms with Gasteiger partial charge in [0.25, 0.3) is 0 Å². The average Bonchev–Trinajstić information content (AvgIpc) is 2.68. The van der Waals surface area contributed by atoms with Crippen molar-refractivity contribution in [1.29, 1.82) is 0 Å². The molecule has 0 aromatic heterocycles. The lowest BCUT2D eigenvalue weighted by molar-refractivity contribution is -0.124. The first-order valence-electron chi connectivity index (χ1n) is 7.81. The molecular weight excluding hydrogens is 276 g/mol. The number of hydrogen-bond donors (Lipinski definition) is 2. The van der Waals surface area contributed by atoms with Gasteiger partial charge in [-0.1, -0.05) is 19.3 Å². The van der Waals surface area contributed by atoms with Crippen molar-refractivity contribution in [1.82, 2.24) is 5.32 Å². The van der Waals surface area contributed by atoms with Gasteiger partial charge in [0.2, 0.25) is 5.91 Å². The van der Waals surface area contributed by atoms with Gasteiger partial charge in [0.15, 0.2) is 0 Å². The van der Waals surface area contributed by atoms with Crippen LogP contribution in [0.1, 0.15) is 57.8 Å². The zero-order chi connectivity index (χ0) is 13.6. The van der Waals surface area contributed by atoms with E-state index in [9.17, 15) is 4.79 Å². The monoisotopic (exact) mass is 304 g/mol. The molecule has 2 aliphatic rings. The Bertz CT molecular complexity index is 286. The highest BCUT2D eigenvalue weighted by Gasteiger charge is 2.33. The molecule has 1 saturated heterocycles. The maximum atomic E-state index is 12.2. The highest BCUT2D eigenvalue weighted by Crippen LogP contribution is 2.38. The average molecular weight is 305 g/mol. The Morgan fingerprint density at radius 3 is 2.60 bits per heavy atom. The van der Waals surface area contributed by atoms with Gasteiger partial charge in [-0.15, -0.1) is 12.4 Å². The van der Waals surface area contributed by atoms with Crippen LogP contribution in [0.4, 0.5) is 0 Å². The quantitative estimate of drug-likeness (QED) is 0.838. The third-order valence-corrected chi connectivity index (χ3v) is 4.70. The fraction of sp³-hybridized carbons (Fsp3) is 0.933. The van der Waals surface area contributed by atoms with Crippen molar-refractivity contribution in [3.63, 3.8) is 0 Å². The van der Waals surface area contributed by atoms with Crippen molar-refractivity contribution in [2.75, 3.05) is 19.8 Å². The molecule has 1 heterocycles. The molecule has 2 fully saturated rings. The minimum absolute atomic E-state index is 0. The third-order valence-electron chi connectivity index (χ3n) is 4.70. The molecule has 2 rings (SSSR count). The summed E-state index contributed by atoms with van der Waals surface area (Å²) in [6.45, 7) is 2.25. The molecule has 0 aromatic carbocycles. The highest BCUT2D eigenvalue weighted by molar-refractivity contribution is 5.85. The Kier molecular flexibility index (Phi) is 7.85. The predicted molar refractivity (Wildman–Crippen MR) is 83.0 cm³/mol. The number of halogens is 1. The van der Waals surface area contributed by atoms with Gasteiger partial charge in [0.05, 0.1) is 0 Å². The number of rotatable bonds is 4. The van der Waals surface area contributed by atoms with E-state index in [1.165, 1.54) is 19.3 Å². The Morgan fingerprint density at radius 2 is 1.90 bits per heavy atom. The normalized spacial score (nSPS) is 26.1. The van der Waals surface area contributed by atoms with E-state index in [4.69, 9.17) is 10.5 Å². The van der Waals surface area contributed by atoms with Gasteiger partial charge in [-0.25, -0.2) is 0 Å². The number of carbonyl (C=O) groups excluding carboxylic acids is 1. The van der Waals surface area contributed by atoms with E-state index in [1.807, 2.05) is 0 Å². The fourth-order valence-electron chi connectivity index (χ4n) is 3.42. The SMILES string of the molecule is Cl.NCC1(CC(=O)NC2CCCOCC2)CCCCC1. The number of amides is 1. The lowest BCUT2D eigenvalue weighted by atomic mass is 9.71. The molecule has 118 valence electrons. The van der Waals surface area contributed by atoms with E-state index >= 15 is 0 Å². The van der Waals surface area contributed by atoms with Crippen molar-refractivity contribution in [2.24, 2.45) is 11.1 Å². The maximum Gasteiger partial charge on any atom is 0.220 e. The largest absolute Gasteiger partial charge is 0.381 e. The molecule has 0 spiro atoms. The van der Waals surface area contributed by atoms with E-state index in [2.05, 4.69) is 5.32 Å². The van der Waals surface area contributed by atoms with Crippen LogP contribution in [-0.4, -0.2) is 31.7 Å². The van der Waals surface area contributed by atoms with E-state index < -0.39 is 0 Å². The van der Waals surface area contributed by atoms with E-state index in [0.717, 1.165) is 45.3 Å². The van der Waals surface area contributed by atoms with Gasteiger partial charge in [-0.3, -0.25) is 4.79 Å². The first-order valence-corrected chi connectivity index (χ1v) is 7.81. The smallest absolute Gasteiger partial charge is 0.220 e. The molecule has 1 saturated carbocycles. The summed E-state index contributed by atoms with van der Waals surface area (Å²) < 4.78 is 5.43. The third kappa shape index (κ3) is 5.23. The molecule has 3 N–H and O–H groups in total. The summed E-state index contributed by atoms with van der Waals surface area (Å²) in [4.78, 5) is 12.2. The molecule has 1 unspecified atom stereocenters. The molecule has 5 heteroatoms. The second kappa shape index (κ2) is 8.85. The fourth-order valence-corrected chi connectivity index (χ4v) is 3.42. The van der Waals surface area contributed by atoms with Gasteiger partial charge in [0.1, 0.15) is 0 Å². The van der Waals surface area contributed by atoms with Gasteiger partial charge in [0, 0.05) is 25.7 Å². The summed E-state index contributed by atoms with van der Waals surface area (Å²) in [6.07, 6.45) is 9.62. The molecule has 0 bridgehead atoms. The molecule has 0 aromatic rings. The van der Waals surface area contributed by atoms with Crippen LogP contribution in [0.25, 0.3) is 0 Å². The van der Waals surface area contributed by atoms with Crippen LogP contribution in [0.5, 0.6) is 0 Å². The predicted octanol–water partition coefficient (Wildman–Crippen LogP) is 2.39. The van der Waals surface area contributed by atoms with Crippen molar-refractivity contribution in [3.05, 3.63) is 0 Å². The van der Waals surface area contributed by atoms with Gasteiger partial charge in [-0.2, -0.15) is 0 Å². The van der Waals surface area contributed by atoms with E-state index in [-0.39, 0.29) is 23.7 Å². The second-order valence-corrected chi connectivity index (χ2v) is 6.25. The van der Waals surface area contributed by atoms with Gasteiger partial charge in [-0.05, 0) is 44.1 Å². The number of carbonyl (C=O) groups is 1. The van der Waals surface area contributed by atoms with Crippen LogP contribution in [-0.2, 0) is 9.53 Å². The van der Waals surface area contributed by atoms with Crippen LogP contribution in [0.3, 0.4) is 0 Å². The molecule has 4 nitrogen and oxygen atoms in total. The van der Waals surface area contributed by atoms with Gasteiger partial charge < -0.3 is 15.8 Å². The summed E-state index contributed by atoms with van der Waals surface area (Å²) in [5, 5.41) is 3.19. The minimum Gasteiger partial charge on any atom is -0.381 e. The minimum atomic E-state index is 0. The number of nitrogens with one attached hydrogen (secondary N) is 1. The molecular formula is C15H29ClN2O2. The van der Waals surface area contributed by atoms with E-state index in [1.54, 1.807) is 0 Å². The first kappa shape index (κ1) is 17.7. The molecule has 1 amide bonds. The zero-order valence-corrected chi connectivity index (χ0v) is 13.2. The van der Waals surface area contributed by atoms with Crippen molar-refractivity contribution >= 4 is 18.3 Å². The Balaban J connectivity index is 0.00000200. The van der Waals surface area contributed by atoms with Crippen molar-refractivity contribution in [3.8, 4) is 0 Å². The molecule has 20 heavy (non-hydrogen) atoms. The highest BCUT2D eigenvalue weighted by atomic mass is 35.5. The molecule has 1 atom stereocenters. The molecule has 1 aliphatic heterocycles. The maximum absolute atomic E-state index is 12.2. The molecule has 0 radical (unpaired) electrons. The van der Waals surface area contributed by atoms with Crippen LogP contribution in [0.15, 0.2) is 0 Å². The number of ether oxygens (including phenoxy) is 1. The Morgan fingerprint density at radius 1 is 1.15 bits per heavy atom. The van der Waals surface area contributed by atoms with Crippen LogP contribution in [0, 0.1) is 5.41 Å². The van der Waals surface area contributed by atoms with Crippen LogP contribution < -0.4 is 11.1 Å². The summed E-state index contributed by atoms with van der Waals surface area (Å²) in [5.41, 5.74) is 6.02. The summed E-state index contributed by atoms with van der Waals surface area (Å²) in [6, 6.07) is 0.299. The van der Waals surface area contributed by atoms with Crippen LogP contribution >= 0.6 is 12.4 Å². The van der Waals surface area contributed by atoms with Crippen molar-refractivity contribution in [2.45, 2.75) is 63.8 Å².